The number of aliphatic hydroxyl groups is 1. The first-order valence-corrected chi connectivity index (χ1v) is 9.97. The first-order chi connectivity index (χ1) is 14.8. The molecule has 6 nitrogen and oxygen atoms in total. The Hall–Kier alpha value is -3.07. The number of hydrogen-bond acceptors (Lipinski definition) is 4. The molecule has 0 aliphatic heterocycles. The molecule has 160 valence electrons. The monoisotopic (exact) mass is 459 g/mol. The van der Waals surface area contributed by atoms with Crippen LogP contribution in [-0.4, -0.2) is 17.0 Å². The minimum absolute atomic E-state index is 0.0675. The van der Waals surface area contributed by atoms with Crippen LogP contribution in [0, 0.1) is 5.82 Å². The third kappa shape index (κ3) is 5.55. The minimum Gasteiger partial charge on any atom is -0.389 e. The lowest BCUT2D eigenvalue weighted by atomic mass is 10.1. The maximum atomic E-state index is 13.7. The van der Waals surface area contributed by atoms with Crippen LogP contribution in [-0.2, 0) is 0 Å². The van der Waals surface area contributed by atoms with Gasteiger partial charge in [-0.1, -0.05) is 42.6 Å². The Morgan fingerprint density at radius 3 is 2.29 bits per heavy atom. The lowest BCUT2D eigenvalue weighted by Gasteiger charge is -2.18. The Balaban J connectivity index is 1.65. The molecule has 3 rings (SSSR count). The topological polar surface area (TPSA) is 81.7 Å². The summed E-state index contributed by atoms with van der Waals surface area (Å²) in [4.78, 5) is 24.7. The molecule has 3 N–H and O–H groups in total. The zero-order valence-electron chi connectivity index (χ0n) is 16.3. The molecule has 0 bridgehead atoms. The number of anilines is 3. The van der Waals surface area contributed by atoms with Crippen molar-refractivity contribution in [2.75, 3.05) is 14.9 Å². The molecule has 3 aromatic rings. The smallest absolute Gasteiger partial charge is 0.336 e. The Labute approximate surface area is 189 Å². The van der Waals surface area contributed by atoms with Gasteiger partial charge in [-0.15, -0.1) is 0 Å². The summed E-state index contributed by atoms with van der Waals surface area (Å²) in [6.07, 6.45) is -0.726. The fourth-order valence-corrected chi connectivity index (χ4v) is 3.29. The molecule has 0 aromatic heterocycles. The van der Waals surface area contributed by atoms with Gasteiger partial charge in [-0.3, -0.25) is 4.79 Å². The Morgan fingerprint density at radius 2 is 1.68 bits per heavy atom. The Kier molecular flexibility index (Phi) is 7.17. The number of carbonyl (C=O) groups excluding carboxylic acids is 2. The second kappa shape index (κ2) is 9.82. The largest absolute Gasteiger partial charge is 0.389 e. The lowest BCUT2D eigenvalue weighted by Crippen LogP contribution is -2.26. The lowest BCUT2D eigenvalue weighted by molar-refractivity contribution is 0.102. The number of thiol groups is 1. The molecule has 9 heteroatoms. The maximum Gasteiger partial charge on any atom is 0.336 e. The van der Waals surface area contributed by atoms with E-state index in [1.807, 2.05) is 0 Å². The molecule has 3 aromatic carbocycles. The number of carbonyl (C=O) groups is 2. The molecule has 0 saturated heterocycles. The molecule has 3 amide bonds. The van der Waals surface area contributed by atoms with Crippen molar-refractivity contribution >= 4 is 53.4 Å². The number of halogens is 2. The van der Waals surface area contributed by atoms with Gasteiger partial charge in [0.05, 0.1) is 17.4 Å². The van der Waals surface area contributed by atoms with Gasteiger partial charge in [0.1, 0.15) is 5.82 Å². The van der Waals surface area contributed by atoms with Crippen LogP contribution in [0.1, 0.15) is 28.9 Å². The van der Waals surface area contributed by atoms with Gasteiger partial charge in [-0.2, -0.15) is 0 Å². The number of benzene rings is 3. The fourth-order valence-electron chi connectivity index (χ4n) is 2.77. The number of rotatable bonds is 5. The number of aliphatic hydroxyl groups excluding tert-OH is 1. The van der Waals surface area contributed by atoms with E-state index < -0.39 is 23.9 Å². The van der Waals surface area contributed by atoms with E-state index in [2.05, 4.69) is 23.4 Å². The highest BCUT2D eigenvalue weighted by Crippen LogP contribution is 2.27. The number of amides is 3. The van der Waals surface area contributed by atoms with Crippen LogP contribution in [0.4, 0.5) is 26.2 Å². The predicted molar refractivity (Wildman–Crippen MR) is 123 cm³/mol. The molecular formula is C22H19ClFN3O3S. The van der Waals surface area contributed by atoms with E-state index in [4.69, 9.17) is 11.6 Å². The molecule has 31 heavy (non-hydrogen) atoms. The average Bonchev–Trinajstić information content (AvgIpc) is 2.73. The van der Waals surface area contributed by atoms with Crippen LogP contribution in [0.5, 0.6) is 0 Å². The van der Waals surface area contributed by atoms with Gasteiger partial charge >= 0.3 is 6.03 Å². The quantitative estimate of drug-likeness (QED) is 0.371. The van der Waals surface area contributed by atoms with E-state index >= 15 is 0 Å². The Bertz CT molecular complexity index is 1110. The molecule has 1 atom stereocenters. The van der Waals surface area contributed by atoms with E-state index in [1.54, 1.807) is 49.4 Å². The summed E-state index contributed by atoms with van der Waals surface area (Å²) in [5, 5.41) is 15.2. The first kappa shape index (κ1) is 22.6. The second-order valence-electron chi connectivity index (χ2n) is 6.64. The standard InChI is InChI=1S/C22H19ClFN3O3S/c1-13(28)17-11-8-15(12-19(17)23)26-22(30)27(31)16-9-6-14(7-10-16)25-21(29)18-4-2-3-5-20(18)24/h2-13,28,31H,1H3,(H,25,29)(H,26,30). The third-order valence-corrected chi connectivity index (χ3v) is 5.12. The van der Waals surface area contributed by atoms with Crippen molar-refractivity contribution in [2.24, 2.45) is 0 Å². The van der Waals surface area contributed by atoms with Gasteiger partial charge in [0, 0.05) is 16.4 Å². The van der Waals surface area contributed by atoms with E-state index in [-0.39, 0.29) is 5.56 Å². The summed E-state index contributed by atoms with van der Waals surface area (Å²) in [7, 11) is 0. The molecule has 0 aliphatic rings. The van der Waals surface area contributed by atoms with E-state index in [9.17, 15) is 19.1 Å². The van der Waals surface area contributed by atoms with E-state index in [0.29, 0.717) is 27.6 Å². The van der Waals surface area contributed by atoms with Crippen LogP contribution >= 0.6 is 24.4 Å². The Morgan fingerprint density at radius 1 is 1.03 bits per heavy atom. The zero-order valence-corrected chi connectivity index (χ0v) is 18.0. The highest BCUT2D eigenvalue weighted by Gasteiger charge is 2.15. The summed E-state index contributed by atoms with van der Waals surface area (Å²) < 4.78 is 14.8. The second-order valence-corrected chi connectivity index (χ2v) is 7.44. The molecule has 0 saturated carbocycles. The van der Waals surface area contributed by atoms with E-state index in [1.165, 1.54) is 24.3 Å². The van der Waals surface area contributed by atoms with Crippen LogP contribution in [0.25, 0.3) is 0 Å². The highest BCUT2D eigenvalue weighted by molar-refractivity contribution is 7.82. The average molecular weight is 460 g/mol. The van der Waals surface area contributed by atoms with Crippen molar-refractivity contribution in [1.82, 2.24) is 0 Å². The molecule has 0 fully saturated rings. The first-order valence-electron chi connectivity index (χ1n) is 9.19. The van der Waals surface area contributed by atoms with Crippen molar-refractivity contribution in [1.29, 1.82) is 0 Å². The third-order valence-electron chi connectivity index (χ3n) is 4.38. The van der Waals surface area contributed by atoms with Crippen LogP contribution in [0.15, 0.2) is 66.7 Å². The van der Waals surface area contributed by atoms with Crippen LogP contribution in [0.3, 0.4) is 0 Å². The van der Waals surface area contributed by atoms with Crippen molar-refractivity contribution in [3.63, 3.8) is 0 Å². The van der Waals surface area contributed by atoms with Gasteiger partial charge in [0.25, 0.3) is 5.91 Å². The van der Waals surface area contributed by atoms with E-state index in [0.717, 1.165) is 4.31 Å². The molecular weight excluding hydrogens is 441 g/mol. The van der Waals surface area contributed by atoms with Gasteiger partial charge in [0.2, 0.25) is 0 Å². The fraction of sp³-hybridized carbons (Fsp3) is 0.0909. The van der Waals surface area contributed by atoms with Gasteiger partial charge in [-0.05, 0) is 61.0 Å². The summed E-state index contributed by atoms with van der Waals surface area (Å²) in [5.74, 6) is -1.19. The highest BCUT2D eigenvalue weighted by atomic mass is 35.5. The number of hydrogen-bond donors (Lipinski definition) is 4. The van der Waals surface area contributed by atoms with Crippen LogP contribution in [0.2, 0.25) is 5.02 Å². The molecule has 0 aliphatic carbocycles. The van der Waals surface area contributed by atoms with Crippen LogP contribution < -0.4 is 14.9 Å². The predicted octanol–water partition coefficient (Wildman–Crippen LogP) is 5.67. The summed E-state index contributed by atoms with van der Waals surface area (Å²) in [5.41, 5.74) is 1.79. The number of nitrogens with zero attached hydrogens (tertiary/aromatic N) is 1. The summed E-state index contributed by atoms with van der Waals surface area (Å²) >= 11 is 10.3. The van der Waals surface area contributed by atoms with Gasteiger partial charge in [-0.25, -0.2) is 13.5 Å². The normalized spacial score (nSPS) is 11.5. The molecule has 0 radical (unpaired) electrons. The van der Waals surface area contributed by atoms with Gasteiger partial charge in [0.15, 0.2) is 0 Å². The summed E-state index contributed by atoms with van der Waals surface area (Å²) in [6.45, 7) is 1.59. The SMILES string of the molecule is CC(O)c1ccc(NC(=O)N(S)c2ccc(NC(=O)c3ccccc3F)cc2)cc1Cl. The maximum absolute atomic E-state index is 13.7. The molecule has 0 heterocycles. The number of urea groups is 1. The van der Waals surface area contributed by atoms with Crippen molar-refractivity contribution < 1.29 is 19.1 Å². The zero-order chi connectivity index (χ0) is 22.5. The minimum atomic E-state index is -0.726. The van der Waals surface area contributed by atoms with Crippen molar-refractivity contribution in [3.8, 4) is 0 Å². The molecule has 0 spiro atoms. The summed E-state index contributed by atoms with van der Waals surface area (Å²) in [6, 6.07) is 16.2. The molecule has 1 unspecified atom stereocenters. The number of nitrogens with one attached hydrogen (secondary N) is 2. The van der Waals surface area contributed by atoms with Crippen molar-refractivity contribution in [3.05, 3.63) is 88.7 Å². The van der Waals surface area contributed by atoms with Crippen molar-refractivity contribution in [2.45, 2.75) is 13.0 Å². The van der Waals surface area contributed by atoms with Gasteiger partial charge < -0.3 is 15.7 Å².